The zero-order valence-electron chi connectivity index (χ0n) is 9.72. The van der Waals surface area contributed by atoms with Crippen molar-refractivity contribution in [3.8, 4) is 0 Å². The maximum absolute atomic E-state index is 5.53. The smallest absolute Gasteiger partial charge is 0.225 e. The van der Waals surface area contributed by atoms with E-state index >= 15 is 0 Å². The molecular weight excluding hydrogens is 208 g/mol. The highest BCUT2D eigenvalue weighted by Gasteiger charge is 2.08. The molecular formula is C10H18N4O2. The number of methoxy groups -OCH3 is 2. The molecule has 0 atom stereocenters. The van der Waals surface area contributed by atoms with Crippen molar-refractivity contribution in [3.63, 3.8) is 0 Å². The van der Waals surface area contributed by atoms with Gasteiger partial charge in [0, 0.05) is 27.3 Å². The van der Waals surface area contributed by atoms with E-state index in [0.717, 1.165) is 13.1 Å². The van der Waals surface area contributed by atoms with E-state index in [2.05, 4.69) is 9.97 Å². The molecule has 0 radical (unpaired) electrons. The Kier molecular flexibility index (Phi) is 5.52. The zero-order chi connectivity index (χ0) is 11.8. The lowest BCUT2D eigenvalue weighted by Crippen LogP contribution is -2.32. The van der Waals surface area contributed by atoms with Crippen molar-refractivity contribution in [1.29, 1.82) is 0 Å². The second kappa shape index (κ2) is 6.97. The Morgan fingerprint density at radius 3 is 2.06 bits per heavy atom. The number of nitrogens with two attached hydrogens (primary N) is 1. The van der Waals surface area contributed by atoms with Crippen LogP contribution in [0.3, 0.4) is 0 Å². The first kappa shape index (κ1) is 12.7. The molecule has 0 aromatic carbocycles. The minimum atomic E-state index is 0.558. The fourth-order valence-corrected chi connectivity index (χ4v) is 1.21. The molecule has 0 unspecified atom stereocenters. The number of nitrogens with zero attached hydrogens (tertiary/aromatic N) is 3. The molecule has 2 N–H and O–H groups in total. The summed E-state index contributed by atoms with van der Waals surface area (Å²) >= 11 is 0. The summed E-state index contributed by atoms with van der Waals surface area (Å²) in [6, 6.07) is 0. The molecule has 16 heavy (non-hydrogen) atoms. The first-order valence-corrected chi connectivity index (χ1v) is 5.08. The molecule has 1 rings (SSSR count). The molecule has 0 spiro atoms. The summed E-state index contributed by atoms with van der Waals surface area (Å²) in [5.41, 5.74) is 6.09. The fourth-order valence-electron chi connectivity index (χ4n) is 1.21. The Labute approximate surface area is 95.4 Å². The minimum Gasteiger partial charge on any atom is -0.396 e. The van der Waals surface area contributed by atoms with Crippen LogP contribution in [0.1, 0.15) is 0 Å². The first-order valence-electron chi connectivity index (χ1n) is 5.08. The van der Waals surface area contributed by atoms with Gasteiger partial charge in [0.25, 0.3) is 0 Å². The normalized spacial score (nSPS) is 10.4. The fraction of sp³-hybridized carbons (Fsp3) is 0.600. The third-order valence-corrected chi connectivity index (χ3v) is 2.07. The summed E-state index contributed by atoms with van der Waals surface area (Å²) in [7, 11) is 3.33. The molecule has 0 fully saturated rings. The van der Waals surface area contributed by atoms with Crippen LogP contribution >= 0.6 is 0 Å². The van der Waals surface area contributed by atoms with Gasteiger partial charge in [-0.15, -0.1) is 0 Å². The number of hydrogen-bond acceptors (Lipinski definition) is 6. The quantitative estimate of drug-likeness (QED) is 0.714. The second-order valence-corrected chi connectivity index (χ2v) is 3.29. The lowest BCUT2D eigenvalue weighted by molar-refractivity contribution is 0.189. The lowest BCUT2D eigenvalue weighted by atomic mass is 10.5. The second-order valence-electron chi connectivity index (χ2n) is 3.29. The molecule has 1 heterocycles. The van der Waals surface area contributed by atoms with Gasteiger partial charge < -0.3 is 20.1 Å². The highest BCUT2D eigenvalue weighted by Crippen LogP contribution is 2.07. The van der Waals surface area contributed by atoms with E-state index in [-0.39, 0.29) is 0 Å². The van der Waals surface area contributed by atoms with Crippen molar-refractivity contribution in [2.45, 2.75) is 0 Å². The van der Waals surface area contributed by atoms with Crippen LogP contribution in [0.5, 0.6) is 0 Å². The number of aromatic nitrogens is 2. The van der Waals surface area contributed by atoms with Crippen LogP contribution < -0.4 is 10.6 Å². The maximum atomic E-state index is 5.53. The highest BCUT2D eigenvalue weighted by atomic mass is 16.5. The summed E-state index contributed by atoms with van der Waals surface area (Å²) in [6.45, 7) is 2.70. The van der Waals surface area contributed by atoms with Gasteiger partial charge >= 0.3 is 0 Å². The average Bonchev–Trinajstić information content (AvgIpc) is 2.31. The van der Waals surface area contributed by atoms with Gasteiger partial charge in [0.15, 0.2) is 0 Å². The van der Waals surface area contributed by atoms with Crippen molar-refractivity contribution >= 4 is 11.6 Å². The number of hydrogen-bond donors (Lipinski definition) is 1. The summed E-state index contributed by atoms with van der Waals surface area (Å²) in [5.74, 6) is 0.642. The standard InChI is InChI=1S/C10H18N4O2/c1-15-5-3-14(4-6-16-2)10-12-7-9(11)8-13-10/h7-8H,3-6,11H2,1-2H3. The number of ether oxygens (including phenoxy) is 2. The van der Waals surface area contributed by atoms with E-state index in [1.165, 1.54) is 0 Å². The molecule has 0 aliphatic heterocycles. The molecule has 1 aromatic heterocycles. The summed E-state index contributed by atoms with van der Waals surface area (Å²) in [6.07, 6.45) is 3.18. The SMILES string of the molecule is COCCN(CCOC)c1ncc(N)cn1. The molecule has 0 bridgehead atoms. The Morgan fingerprint density at radius 1 is 1.12 bits per heavy atom. The number of anilines is 2. The van der Waals surface area contributed by atoms with Crippen molar-refractivity contribution < 1.29 is 9.47 Å². The van der Waals surface area contributed by atoms with Crippen LogP contribution in [0.2, 0.25) is 0 Å². The Bertz CT molecular complexity index is 283. The van der Waals surface area contributed by atoms with Crippen molar-refractivity contribution in [1.82, 2.24) is 9.97 Å². The largest absolute Gasteiger partial charge is 0.396 e. The van der Waals surface area contributed by atoms with Gasteiger partial charge in [-0.2, -0.15) is 0 Å². The van der Waals surface area contributed by atoms with Gasteiger partial charge in [0.1, 0.15) is 0 Å². The minimum absolute atomic E-state index is 0.558. The van der Waals surface area contributed by atoms with Gasteiger partial charge in [-0.3, -0.25) is 0 Å². The molecule has 0 aliphatic carbocycles. The van der Waals surface area contributed by atoms with Crippen LogP contribution in [0, 0.1) is 0 Å². The average molecular weight is 226 g/mol. The molecule has 90 valence electrons. The van der Waals surface area contributed by atoms with Crippen molar-refractivity contribution in [2.24, 2.45) is 0 Å². The van der Waals surface area contributed by atoms with Crippen LogP contribution in [0.15, 0.2) is 12.4 Å². The van der Waals surface area contributed by atoms with E-state index in [1.807, 2.05) is 4.90 Å². The maximum Gasteiger partial charge on any atom is 0.225 e. The number of rotatable bonds is 7. The molecule has 6 nitrogen and oxygen atoms in total. The monoisotopic (exact) mass is 226 g/mol. The molecule has 0 saturated carbocycles. The van der Waals surface area contributed by atoms with Crippen LogP contribution in [0.4, 0.5) is 11.6 Å². The van der Waals surface area contributed by atoms with E-state index in [9.17, 15) is 0 Å². The van der Waals surface area contributed by atoms with Crippen molar-refractivity contribution in [2.75, 3.05) is 51.2 Å². The van der Waals surface area contributed by atoms with Crippen molar-refractivity contribution in [3.05, 3.63) is 12.4 Å². The molecule has 0 aliphatic rings. The van der Waals surface area contributed by atoms with E-state index in [0.29, 0.717) is 24.8 Å². The first-order chi connectivity index (χ1) is 7.77. The van der Waals surface area contributed by atoms with E-state index in [1.54, 1.807) is 26.6 Å². The van der Waals surface area contributed by atoms with Gasteiger partial charge in [-0.25, -0.2) is 9.97 Å². The zero-order valence-corrected chi connectivity index (χ0v) is 9.72. The van der Waals surface area contributed by atoms with E-state index < -0.39 is 0 Å². The molecule has 0 amide bonds. The molecule has 1 aromatic rings. The van der Waals surface area contributed by atoms with Gasteiger partial charge in [0.05, 0.1) is 31.3 Å². The Hall–Kier alpha value is -1.40. The third kappa shape index (κ3) is 4.00. The predicted octanol–water partition coefficient (Wildman–Crippen LogP) is 0.158. The third-order valence-electron chi connectivity index (χ3n) is 2.07. The van der Waals surface area contributed by atoms with Gasteiger partial charge in [0.2, 0.25) is 5.95 Å². The van der Waals surface area contributed by atoms with E-state index in [4.69, 9.17) is 15.2 Å². The Balaban J connectivity index is 2.62. The Morgan fingerprint density at radius 2 is 1.62 bits per heavy atom. The summed E-state index contributed by atoms with van der Waals surface area (Å²) < 4.78 is 10.1. The highest BCUT2D eigenvalue weighted by molar-refractivity contribution is 5.37. The van der Waals surface area contributed by atoms with Crippen LogP contribution in [-0.2, 0) is 9.47 Å². The van der Waals surface area contributed by atoms with Crippen LogP contribution in [-0.4, -0.2) is 50.5 Å². The summed E-state index contributed by atoms with van der Waals surface area (Å²) in [4.78, 5) is 10.3. The summed E-state index contributed by atoms with van der Waals surface area (Å²) in [5, 5.41) is 0. The number of nitrogen functional groups attached to an aromatic ring is 1. The topological polar surface area (TPSA) is 73.5 Å². The molecule has 0 saturated heterocycles. The lowest BCUT2D eigenvalue weighted by Gasteiger charge is -2.21. The molecule has 6 heteroatoms. The predicted molar refractivity (Wildman–Crippen MR) is 62.4 cm³/mol. The van der Waals surface area contributed by atoms with Gasteiger partial charge in [-0.05, 0) is 0 Å². The van der Waals surface area contributed by atoms with Gasteiger partial charge in [-0.1, -0.05) is 0 Å². The van der Waals surface area contributed by atoms with Crippen LogP contribution in [0.25, 0.3) is 0 Å².